The highest BCUT2D eigenvalue weighted by atomic mass is 16.5. The van der Waals surface area contributed by atoms with Crippen LogP contribution in [0.3, 0.4) is 0 Å². The Bertz CT molecular complexity index is 581. The SMILES string of the molecule is CCNC(=NCCc1cccc(OC)c1)N1CCC(C(=O)OC)CC1. The van der Waals surface area contributed by atoms with Gasteiger partial charge in [-0.1, -0.05) is 12.1 Å². The maximum atomic E-state index is 11.7. The third-order valence-electron chi connectivity index (χ3n) is 4.46. The van der Waals surface area contributed by atoms with Crippen LogP contribution in [-0.4, -0.2) is 57.2 Å². The number of hydrogen-bond donors (Lipinski definition) is 1. The smallest absolute Gasteiger partial charge is 0.308 e. The summed E-state index contributed by atoms with van der Waals surface area (Å²) in [5.41, 5.74) is 1.21. The second-order valence-electron chi connectivity index (χ2n) is 6.12. The maximum Gasteiger partial charge on any atom is 0.308 e. The molecular weight excluding hydrogens is 318 g/mol. The van der Waals surface area contributed by atoms with E-state index in [-0.39, 0.29) is 11.9 Å². The number of aliphatic imine (C=N–C) groups is 1. The molecule has 1 fully saturated rings. The summed E-state index contributed by atoms with van der Waals surface area (Å²) in [5, 5.41) is 3.35. The minimum atomic E-state index is -0.0976. The zero-order valence-electron chi connectivity index (χ0n) is 15.5. The van der Waals surface area contributed by atoms with Gasteiger partial charge in [0.2, 0.25) is 0 Å². The largest absolute Gasteiger partial charge is 0.497 e. The number of carbonyl (C=O) groups excluding carboxylic acids is 1. The molecule has 6 nitrogen and oxygen atoms in total. The number of guanidine groups is 1. The normalized spacial score (nSPS) is 15.8. The van der Waals surface area contributed by atoms with Crippen molar-refractivity contribution in [3.63, 3.8) is 0 Å². The molecule has 0 atom stereocenters. The van der Waals surface area contributed by atoms with Crippen LogP contribution < -0.4 is 10.1 Å². The minimum Gasteiger partial charge on any atom is -0.497 e. The number of rotatable bonds is 6. The number of carbonyl (C=O) groups is 1. The van der Waals surface area contributed by atoms with Crippen LogP contribution in [0.15, 0.2) is 29.3 Å². The van der Waals surface area contributed by atoms with Gasteiger partial charge in [-0.05, 0) is 43.9 Å². The second kappa shape index (κ2) is 9.91. The molecule has 0 spiro atoms. The average molecular weight is 347 g/mol. The van der Waals surface area contributed by atoms with Gasteiger partial charge < -0.3 is 19.7 Å². The summed E-state index contributed by atoms with van der Waals surface area (Å²) >= 11 is 0. The van der Waals surface area contributed by atoms with Crippen molar-refractivity contribution >= 4 is 11.9 Å². The Balaban J connectivity index is 1.91. The molecule has 25 heavy (non-hydrogen) atoms. The van der Waals surface area contributed by atoms with Crippen LogP contribution in [0, 0.1) is 5.92 Å². The molecule has 1 N–H and O–H groups in total. The molecule has 1 heterocycles. The lowest BCUT2D eigenvalue weighted by molar-refractivity contribution is -0.146. The van der Waals surface area contributed by atoms with Gasteiger partial charge in [-0.25, -0.2) is 0 Å². The van der Waals surface area contributed by atoms with Crippen LogP contribution in [0.1, 0.15) is 25.3 Å². The van der Waals surface area contributed by atoms with Crippen LogP contribution >= 0.6 is 0 Å². The lowest BCUT2D eigenvalue weighted by Crippen LogP contribution is -2.46. The standard InChI is InChI=1S/C19H29N3O3/c1-4-20-19(22-12-9-16(10-13-22)18(23)25-3)21-11-8-15-6-5-7-17(14-15)24-2/h5-7,14,16H,4,8-13H2,1-3H3,(H,20,21). The Hall–Kier alpha value is -2.24. The van der Waals surface area contributed by atoms with E-state index < -0.39 is 0 Å². The summed E-state index contributed by atoms with van der Waals surface area (Å²) in [7, 11) is 3.14. The van der Waals surface area contributed by atoms with Crippen molar-refractivity contribution in [1.29, 1.82) is 0 Å². The molecule has 6 heteroatoms. The molecule has 1 aromatic rings. The van der Waals surface area contributed by atoms with E-state index in [1.165, 1.54) is 12.7 Å². The molecule has 0 radical (unpaired) electrons. The quantitative estimate of drug-likeness (QED) is 0.485. The van der Waals surface area contributed by atoms with Crippen molar-refractivity contribution in [3.05, 3.63) is 29.8 Å². The molecule has 1 aliphatic heterocycles. The van der Waals surface area contributed by atoms with Crippen molar-refractivity contribution in [1.82, 2.24) is 10.2 Å². The fourth-order valence-corrected chi connectivity index (χ4v) is 3.04. The van der Waals surface area contributed by atoms with Crippen LogP contribution in [0.2, 0.25) is 0 Å². The van der Waals surface area contributed by atoms with Gasteiger partial charge in [0.15, 0.2) is 5.96 Å². The molecule has 1 aromatic carbocycles. The van der Waals surface area contributed by atoms with Gasteiger partial charge in [0.25, 0.3) is 0 Å². The highest BCUT2D eigenvalue weighted by molar-refractivity contribution is 5.80. The summed E-state index contributed by atoms with van der Waals surface area (Å²) in [4.78, 5) is 18.6. The Morgan fingerprint density at radius 1 is 1.32 bits per heavy atom. The van der Waals surface area contributed by atoms with Gasteiger partial charge in [-0.2, -0.15) is 0 Å². The third-order valence-corrected chi connectivity index (χ3v) is 4.46. The van der Waals surface area contributed by atoms with Crippen molar-refractivity contribution in [2.24, 2.45) is 10.9 Å². The topological polar surface area (TPSA) is 63.2 Å². The first-order valence-corrected chi connectivity index (χ1v) is 8.92. The highest BCUT2D eigenvalue weighted by Crippen LogP contribution is 2.18. The van der Waals surface area contributed by atoms with Crippen molar-refractivity contribution < 1.29 is 14.3 Å². The number of ether oxygens (including phenoxy) is 2. The van der Waals surface area contributed by atoms with E-state index in [2.05, 4.69) is 23.2 Å². The number of likely N-dealkylation sites (tertiary alicyclic amines) is 1. The first kappa shape index (κ1) is 19.1. The maximum absolute atomic E-state index is 11.7. The zero-order valence-corrected chi connectivity index (χ0v) is 15.5. The lowest BCUT2D eigenvalue weighted by Gasteiger charge is -2.33. The van der Waals surface area contributed by atoms with E-state index in [9.17, 15) is 4.79 Å². The number of hydrogen-bond acceptors (Lipinski definition) is 4. The van der Waals surface area contributed by atoms with Gasteiger partial charge in [0, 0.05) is 26.2 Å². The molecule has 138 valence electrons. The molecule has 0 saturated carbocycles. The number of esters is 1. The first-order chi connectivity index (χ1) is 12.2. The van der Waals surface area contributed by atoms with Gasteiger partial charge in [-0.3, -0.25) is 9.79 Å². The van der Waals surface area contributed by atoms with Crippen LogP contribution in [-0.2, 0) is 16.0 Å². The molecule has 0 aliphatic carbocycles. The van der Waals surface area contributed by atoms with Gasteiger partial charge in [-0.15, -0.1) is 0 Å². The molecule has 2 rings (SSSR count). The molecule has 1 aliphatic rings. The average Bonchev–Trinajstić information content (AvgIpc) is 2.67. The number of nitrogens with one attached hydrogen (secondary N) is 1. The Morgan fingerprint density at radius 2 is 2.08 bits per heavy atom. The number of piperidine rings is 1. The fraction of sp³-hybridized carbons (Fsp3) is 0.579. The van der Waals surface area contributed by atoms with Crippen molar-refractivity contribution in [3.8, 4) is 5.75 Å². The van der Waals surface area contributed by atoms with Crippen molar-refractivity contribution in [2.45, 2.75) is 26.2 Å². The Kier molecular flexibility index (Phi) is 7.57. The highest BCUT2D eigenvalue weighted by Gasteiger charge is 2.26. The predicted molar refractivity (Wildman–Crippen MR) is 99.0 cm³/mol. The van der Waals surface area contributed by atoms with Gasteiger partial charge in [0.05, 0.1) is 20.1 Å². The lowest BCUT2D eigenvalue weighted by atomic mass is 9.97. The van der Waals surface area contributed by atoms with Crippen LogP contribution in [0.5, 0.6) is 5.75 Å². The molecule has 0 bridgehead atoms. The fourth-order valence-electron chi connectivity index (χ4n) is 3.04. The van der Waals surface area contributed by atoms with Crippen LogP contribution in [0.4, 0.5) is 0 Å². The monoisotopic (exact) mass is 347 g/mol. The number of nitrogens with zero attached hydrogens (tertiary/aromatic N) is 2. The molecule has 1 saturated heterocycles. The molecule has 0 unspecified atom stereocenters. The summed E-state index contributed by atoms with van der Waals surface area (Å²) in [6.45, 7) is 5.26. The second-order valence-corrected chi connectivity index (χ2v) is 6.12. The van der Waals surface area contributed by atoms with Crippen molar-refractivity contribution in [2.75, 3.05) is 40.4 Å². The number of methoxy groups -OCH3 is 2. The minimum absolute atomic E-state index is 0.0147. The molecule has 0 aromatic heterocycles. The summed E-state index contributed by atoms with van der Waals surface area (Å²) in [5.74, 6) is 1.72. The molecule has 0 amide bonds. The Labute approximate surface area is 150 Å². The van der Waals surface area contributed by atoms with E-state index in [4.69, 9.17) is 14.5 Å². The van der Waals surface area contributed by atoms with Gasteiger partial charge in [0.1, 0.15) is 5.75 Å². The summed E-state index contributed by atoms with van der Waals surface area (Å²) in [6, 6.07) is 8.08. The predicted octanol–water partition coefficient (Wildman–Crippen LogP) is 2.09. The van der Waals surface area contributed by atoms with E-state index in [0.717, 1.165) is 50.6 Å². The first-order valence-electron chi connectivity index (χ1n) is 8.92. The van der Waals surface area contributed by atoms with E-state index in [0.29, 0.717) is 6.54 Å². The van der Waals surface area contributed by atoms with E-state index >= 15 is 0 Å². The number of benzene rings is 1. The zero-order chi connectivity index (χ0) is 18.1. The van der Waals surface area contributed by atoms with Gasteiger partial charge >= 0.3 is 5.97 Å². The Morgan fingerprint density at radius 3 is 2.72 bits per heavy atom. The third kappa shape index (κ3) is 5.66. The van der Waals surface area contributed by atoms with E-state index in [1.807, 2.05) is 18.2 Å². The molecular formula is C19H29N3O3. The summed E-state index contributed by atoms with van der Waals surface area (Å²) in [6.07, 6.45) is 2.49. The van der Waals surface area contributed by atoms with Crippen LogP contribution in [0.25, 0.3) is 0 Å². The van der Waals surface area contributed by atoms with E-state index in [1.54, 1.807) is 7.11 Å². The summed E-state index contributed by atoms with van der Waals surface area (Å²) < 4.78 is 10.1.